The monoisotopic (exact) mass is 1030 g/mol. The summed E-state index contributed by atoms with van der Waals surface area (Å²) < 4.78 is 16.0. The molecule has 5 nitrogen and oxygen atoms in total. The van der Waals surface area contributed by atoms with E-state index >= 15 is 0 Å². The van der Waals surface area contributed by atoms with Crippen LogP contribution in [0.1, 0.15) is 142 Å². The first kappa shape index (κ1) is 53.4. The van der Waals surface area contributed by atoms with Crippen molar-refractivity contribution in [3.05, 3.63) is 190 Å². The van der Waals surface area contributed by atoms with Gasteiger partial charge in [-0.05, 0) is 168 Å². The minimum absolute atomic E-state index is 0.128. The van der Waals surface area contributed by atoms with Gasteiger partial charge in [-0.2, -0.15) is 0 Å². The van der Waals surface area contributed by atoms with Crippen LogP contribution in [0.15, 0.2) is 156 Å². The standard InChI is InChI=1S/C34H34BrN3.C32H41BO2/c1-21(2)30-19-27(25-11-8-7-9-12-25)20-31(22(3)4)32(30)38-34(26-13-10-14-29(35)18-26)36-33(37-38)28-16-23(5)15-24(6)17-28;1-29(2,3)26-15-11-22(12-16-26)24-19-25(23-13-17-27(18-14-23)30(4,5)6)21-28(20-24)33-34-31(7,8)32(9,10)35-33/h7-22H,1-6H3;11-21H,1-10H3. The van der Waals surface area contributed by atoms with Crippen LogP contribution in [-0.2, 0) is 20.1 Å². The van der Waals surface area contributed by atoms with E-state index in [4.69, 9.17) is 19.4 Å². The largest absolute Gasteiger partial charge is 0.494 e. The first-order valence-corrected chi connectivity index (χ1v) is 26.8. The zero-order chi connectivity index (χ0) is 52.8. The van der Waals surface area contributed by atoms with E-state index in [1.807, 2.05) is 6.07 Å². The summed E-state index contributed by atoms with van der Waals surface area (Å²) in [6.07, 6.45) is 0. The molecule has 1 saturated heterocycles. The summed E-state index contributed by atoms with van der Waals surface area (Å²) in [5.41, 5.74) is 18.6. The van der Waals surface area contributed by atoms with Crippen LogP contribution in [0.2, 0.25) is 0 Å². The second-order valence-corrected chi connectivity index (χ2v) is 24.7. The molecule has 1 aliphatic rings. The molecule has 0 bridgehead atoms. The Labute approximate surface area is 446 Å². The van der Waals surface area contributed by atoms with Crippen molar-refractivity contribution in [3.63, 3.8) is 0 Å². The van der Waals surface area contributed by atoms with Gasteiger partial charge in [0.1, 0.15) is 0 Å². The fourth-order valence-corrected chi connectivity index (χ4v) is 9.94. The van der Waals surface area contributed by atoms with Crippen LogP contribution in [0.4, 0.5) is 0 Å². The van der Waals surface area contributed by atoms with Crippen molar-refractivity contribution in [1.82, 2.24) is 14.8 Å². The molecule has 9 rings (SSSR count). The Hall–Kier alpha value is -5.86. The molecule has 1 fully saturated rings. The van der Waals surface area contributed by atoms with Crippen LogP contribution in [0.25, 0.3) is 61.8 Å². The SMILES string of the molecule is CC(C)(C)c1ccc(-c2cc(B3OC(C)(C)C(C)(C)O3)cc(-c3ccc(C(C)(C)C)cc3)c2)cc1.Cc1cc(C)cc(-c2nc(-c3cccc(Br)c3)n(-c3c(C(C)C)cc(-c4ccccc4)cc3C(C)C)n2)c1. The molecule has 73 heavy (non-hydrogen) atoms. The second kappa shape index (κ2) is 20.8. The Morgan fingerprint density at radius 2 is 0.945 bits per heavy atom. The van der Waals surface area contributed by atoms with Crippen molar-refractivity contribution < 1.29 is 9.31 Å². The summed E-state index contributed by atoms with van der Waals surface area (Å²) in [7, 11) is -0.401. The molecule has 0 radical (unpaired) electrons. The van der Waals surface area contributed by atoms with Gasteiger partial charge in [-0.15, -0.1) is 5.10 Å². The first-order valence-electron chi connectivity index (χ1n) is 26.1. The van der Waals surface area contributed by atoms with Gasteiger partial charge in [0.25, 0.3) is 0 Å². The molecule has 0 saturated carbocycles. The number of benzene rings is 7. The molecular weight excluding hydrogens is 957 g/mol. The van der Waals surface area contributed by atoms with E-state index in [0.29, 0.717) is 11.8 Å². The van der Waals surface area contributed by atoms with E-state index in [1.165, 1.54) is 66.8 Å². The van der Waals surface area contributed by atoms with Crippen molar-refractivity contribution in [2.45, 2.75) is 145 Å². The van der Waals surface area contributed by atoms with E-state index in [0.717, 1.165) is 38.4 Å². The van der Waals surface area contributed by atoms with Crippen molar-refractivity contribution in [3.8, 4) is 61.8 Å². The summed E-state index contributed by atoms with van der Waals surface area (Å²) in [6.45, 7) is 35.2. The van der Waals surface area contributed by atoms with Gasteiger partial charge in [0, 0.05) is 15.6 Å². The van der Waals surface area contributed by atoms with E-state index in [9.17, 15) is 0 Å². The quantitative estimate of drug-likeness (QED) is 0.135. The van der Waals surface area contributed by atoms with Gasteiger partial charge < -0.3 is 9.31 Å². The van der Waals surface area contributed by atoms with Gasteiger partial charge in [-0.25, -0.2) is 9.67 Å². The average molecular weight is 1030 g/mol. The Bertz CT molecular complexity index is 3090. The zero-order valence-corrected chi connectivity index (χ0v) is 47.8. The molecule has 376 valence electrons. The lowest BCUT2D eigenvalue weighted by Crippen LogP contribution is -2.41. The van der Waals surface area contributed by atoms with Gasteiger partial charge in [-0.3, -0.25) is 0 Å². The van der Waals surface area contributed by atoms with Crippen LogP contribution >= 0.6 is 15.9 Å². The molecule has 0 spiro atoms. The van der Waals surface area contributed by atoms with Crippen LogP contribution in [0.3, 0.4) is 0 Å². The first-order chi connectivity index (χ1) is 34.3. The zero-order valence-electron chi connectivity index (χ0n) is 46.2. The van der Waals surface area contributed by atoms with Crippen molar-refractivity contribution in [2.75, 3.05) is 0 Å². The van der Waals surface area contributed by atoms with Gasteiger partial charge in [0.2, 0.25) is 0 Å². The molecular formula is C66H75BBrN3O2. The third-order valence-corrected chi connectivity index (χ3v) is 15.0. The summed E-state index contributed by atoms with van der Waals surface area (Å²) >= 11 is 3.66. The van der Waals surface area contributed by atoms with E-state index < -0.39 is 7.12 Å². The highest BCUT2D eigenvalue weighted by Crippen LogP contribution is 2.40. The number of rotatable bonds is 9. The molecule has 0 unspecified atom stereocenters. The highest BCUT2D eigenvalue weighted by molar-refractivity contribution is 9.10. The van der Waals surface area contributed by atoms with Gasteiger partial charge >= 0.3 is 7.12 Å². The molecule has 1 aliphatic heterocycles. The smallest absolute Gasteiger partial charge is 0.399 e. The van der Waals surface area contributed by atoms with E-state index in [2.05, 4.69) is 277 Å². The lowest BCUT2D eigenvalue weighted by molar-refractivity contribution is 0.00578. The highest BCUT2D eigenvalue weighted by Gasteiger charge is 2.52. The van der Waals surface area contributed by atoms with Crippen molar-refractivity contribution >= 4 is 28.5 Å². The van der Waals surface area contributed by atoms with Crippen LogP contribution in [0.5, 0.6) is 0 Å². The molecule has 0 aliphatic carbocycles. The third-order valence-electron chi connectivity index (χ3n) is 14.6. The fraction of sp³-hybridized carbons (Fsp3) is 0.333. The highest BCUT2D eigenvalue weighted by atomic mass is 79.9. The Kier molecular flexibility index (Phi) is 15.2. The van der Waals surface area contributed by atoms with E-state index in [1.54, 1.807) is 0 Å². The maximum absolute atomic E-state index is 6.44. The lowest BCUT2D eigenvalue weighted by atomic mass is 9.76. The lowest BCUT2D eigenvalue weighted by Gasteiger charge is -2.32. The van der Waals surface area contributed by atoms with Gasteiger partial charge in [0.05, 0.1) is 16.9 Å². The minimum Gasteiger partial charge on any atom is -0.399 e. The van der Waals surface area contributed by atoms with E-state index in [-0.39, 0.29) is 22.0 Å². The molecule has 7 heteroatoms. The molecule has 2 heterocycles. The summed E-state index contributed by atoms with van der Waals surface area (Å²) in [6, 6.07) is 54.8. The normalized spacial score (nSPS) is 14.4. The number of hydrogen-bond donors (Lipinski definition) is 0. The number of aromatic nitrogens is 3. The Morgan fingerprint density at radius 1 is 0.493 bits per heavy atom. The molecule has 0 amide bonds. The molecule has 0 N–H and O–H groups in total. The summed E-state index contributed by atoms with van der Waals surface area (Å²) in [5, 5.41) is 5.22. The van der Waals surface area contributed by atoms with Crippen LogP contribution in [-0.4, -0.2) is 33.1 Å². The summed E-state index contributed by atoms with van der Waals surface area (Å²) in [5.74, 6) is 2.19. The number of hydrogen-bond acceptors (Lipinski definition) is 4. The van der Waals surface area contributed by atoms with Gasteiger partial charge in [-0.1, -0.05) is 205 Å². The number of aryl methyl sites for hydroxylation is 2. The van der Waals surface area contributed by atoms with Gasteiger partial charge in [0.15, 0.2) is 11.6 Å². The van der Waals surface area contributed by atoms with Crippen LogP contribution < -0.4 is 5.46 Å². The molecule has 7 aromatic carbocycles. The Morgan fingerprint density at radius 3 is 1.40 bits per heavy atom. The maximum Gasteiger partial charge on any atom is 0.494 e. The number of halogens is 1. The second-order valence-electron chi connectivity index (χ2n) is 23.8. The van der Waals surface area contributed by atoms with Crippen LogP contribution in [0, 0.1) is 13.8 Å². The van der Waals surface area contributed by atoms with Crippen molar-refractivity contribution in [1.29, 1.82) is 0 Å². The third kappa shape index (κ3) is 11.9. The fourth-order valence-electron chi connectivity index (χ4n) is 9.54. The summed E-state index contributed by atoms with van der Waals surface area (Å²) in [4.78, 5) is 5.16. The number of nitrogens with zero attached hydrogens (tertiary/aromatic N) is 3. The van der Waals surface area contributed by atoms with Crippen molar-refractivity contribution in [2.24, 2.45) is 0 Å². The predicted molar refractivity (Wildman–Crippen MR) is 313 cm³/mol. The minimum atomic E-state index is -0.401. The average Bonchev–Trinajstić information content (AvgIpc) is 3.87. The topological polar surface area (TPSA) is 49.2 Å². The maximum atomic E-state index is 6.44. The predicted octanol–water partition coefficient (Wildman–Crippen LogP) is 17.8. The molecule has 1 aromatic heterocycles. The molecule has 0 atom stereocenters. The molecule has 8 aromatic rings. The Balaban J connectivity index is 0.000000196.